The summed E-state index contributed by atoms with van der Waals surface area (Å²) in [7, 11) is 0. The van der Waals surface area contributed by atoms with Crippen molar-refractivity contribution in [1.29, 1.82) is 5.26 Å². The molecule has 2 aliphatic rings. The molecule has 0 bridgehead atoms. The fraction of sp³-hybridized carbons (Fsp3) is 0.526. The summed E-state index contributed by atoms with van der Waals surface area (Å²) in [5, 5.41) is 11.5. The molecule has 0 aromatic heterocycles. The van der Waals surface area contributed by atoms with Crippen molar-refractivity contribution < 1.29 is 27.5 Å². The molecular formula is C19H21F3N4O3. The maximum Gasteiger partial charge on any atom is 0.573 e. The Morgan fingerprint density at radius 3 is 2.72 bits per heavy atom. The van der Waals surface area contributed by atoms with Gasteiger partial charge in [0.1, 0.15) is 5.75 Å². The SMILES string of the molecule is N#Cc1ccc(CNC(=O)C2CCCN(C(=O)C3(N)CC3)C2)c(OC(F)(F)F)c1. The van der Waals surface area contributed by atoms with Crippen molar-refractivity contribution >= 4 is 11.8 Å². The van der Waals surface area contributed by atoms with Gasteiger partial charge in [0.25, 0.3) is 0 Å². The molecule has 2 fully saturated rings. The quantitative estimate of drug-likeness (QED) is 0.770. The molecule has 0 spiro atoms. The van der Waals surface area contributed by atoms with E-state index in [0.717, 1.165) is 6.07 Å². The molecule has 3 N–H and O–H groups in total. The van der Waals surface area contributed by atoms with Crippen LogP contribution in [0.15, 0.2) is 18.2 Å². The zero-order chi connectivity index (χ0) is 21.2. The number of alkyl halides is 3. The van der Waals surface area contributed by atoms with Crippen LogP contribution in [0, 0.1) is 17.2 Å². The van der Waals surface area contributed by atoms with E-state index in [-0.39, 0.29) is 36.0 Å². The Balaban J connectivity index is 1.63. The second-order valence-corrected chi connectivity index (χ2v) is 7.45. The van der Waals surface area contributed by atoms with E-state index in [1.165, 1.54) is 12.1 Å². The Morgan fingerprint density at radius 1 is 1.38 bits per heavy atom. The Labute approximate surface area is 165 Å². The van der Waals surface area contributed by atoms with Crippen molar-refractivity contribution in [1.82, 2.24) is 10.2 Å². The second-order valence-electron chi connectivity index (χ2n) is 7.45. The molecule has 1 atom stereocenters. The number of nitrogens with one attached hydrogen (secondary N) is 1. The molecule has 2 amide bonds. The number of hydrogen-bond donors (Lipinski definition) is 2. The summed E-state index contributed by atoms with van der Waals surface area (Å²) in [5.41, 5.74) is 5.25. The second kappa shape index (κ2) is 7.91. The molecule has 3 rings (SSSR count). The van der Waals surface area contributed by atoms with Gasteiger partial charge in [-0.15, -0.1) is 13.2 Å². The van der Waals surface area contributed by atoms with E-state index < -0.39 is 23.6 Å². The van der Waals surface area contributed by atoms with Crippen LogP contribution >= 0.6 is 0 Å². The molecule has 156 valence electrons. The van der Waals surface area contributed by atoms with Gasteiger partial charge in [0.2, 0.25) is 11.8 Å². The smallest absolute Gasteiger partial charge is 0.405 e. The van der Waals surface area contributed by atoms with Crippen molar-refractivity contribution in [2.75, 3.05) is 13.1 Å². The van der Waals surface area contributed by atoms with Crippen LogP contribution in [-0.2, 0) is 16.1 Å². The van der Waals surface area contributed by atoms with Gasteiger partial charge in [0.15, 0.2) is 0 Å². The minimum absolute atomic E-state index is 0.0107. The lowest BCUT2D eigenvalue weighted by atomic mass is 9.96. The highest BCUT2D eigenvalue weighted by atomic mass is 19.4. The molecule has 1 aliphatic carbocycles. The lowest BCUT2D eigenvalue weighted by Gasteiger charge is -2.33. The van der Waals surface area contributed by atoms with Gasteiger partial charge in [-0.2, -0.15) is 5.26 Å². The van der Waals surface area contributed by atoms with Crippen LogP contribution in [0.2, 0.25) is 0 Å². The molecule has 0 radical (unpaired) electrons. The third-order valence-electron chi connectivity index (χ3n) is 5.17. The number of rotatable bonds is 5. The summed E-state index contributed by atoms with van der Waals surface area (Å²) in [6, 6.07) is 5.38. The first kappa shape index (κ1) is 20.9. The molecule has 10 heteroatoms. The Morgan fingerprint density at radius 2 is 2.10 bits per heavy atom. The number of halogens is 3. The highest BCUT2D eigenvalue weighted by molar-refractivity contribution is 5.90. The van der Waals surface area contributed by atoms with Crippen LogP contribution in [0.1, 0.15) is 36.8 Å². The van der Waals surface area contributed by atoms with Crippen LogP contribution in [0.25, 0.3) is 0 Å². The molecule has 1 aromatic rings. The van der Waals surface area contributed by atoms with Gasteiger partial charge in [-0.3, -0.25) is 9.59 Å². The van der Waals surface area contributed by atoms with Crippen molar-refractivity contribution in [3.63, 3.8) is 0 Å². The van der Waals surface area contributed by atoms with Crippen LogP contribution in [0.3, 0.4) is 0 Å². The van der Waals surface area contributed by atoms with E-state index in [1.54, 1.807) is 11.0 Å². The van der Waals surface area contributed by atoms with Gasteiger partial charge in [0, 0.05) is 25.2 Å². The number of hydrogen-bond acceptors (Lipinski definition) is 5. The molecule has 7 nitrogen and oxygen atoms in total. The number of nitrogens with two attached hydrogens (primary N) is 1. The van der Waals surface area contributed by atoms with Gasteiger partial charge in [-0.25, -0.2) is 0 Å². The number of likely N-dealkylation sites (tertiary alicyclic amines) is 1. The van der Waals surface area contributed by atoms with Gasteiger partial charge in [0.05, 0.1) is 23.1 Å². The Hall–Kier alpha value is -2.80. The number of carbonyl (C=O) groups is 2. The average Bonchev–Trinajstić information content (AvgIpc) is 3.43. The van der Waals surface area contributed by atoms with Crippen LogP contribution in [0.4, 0.5) is 13.2 Å². The Bertz CT molecular complexity index is 846. The number of benzene rings is 1. The highest BCUT2D eigenvalue weighted by Gasteiger charge is 2.49. The molecule has 1 saturated heterocycles. The summed E-state index contributed by atoms with van der Waals surface area (Å²) in [5.74, 6) is -1.49. The topological polar surface area (TPSA) is 108 Å². The number of ether oxygens (including phenoxy) is 1. The lowest BCUT2D eigenvalue weighted by Crippen LogP contribution is -2.51. The largest absolute Gasteiger partial charge is 0.573 e. The van der Waals surface area contributed by atoms with Crippen LogP contribution in [0.5, 0.6) is 5.75 Å². The number of nitrogens with zero attached hydrogens (tertiary/aromatic N) is 2. The summed E-state index contributed by atoms with van der Waals surface area (Å²) in [6.45, 7) is 0.588. The summed E-state index contributed by atoms with van der Waals surface area (Å²) < 4.78 is 41.9. The molecule has 1 saturated carbocycles. The third-order valence-corrected chi connectivity index (χ3v) is 5.17. The predicted octanol–water partition coefficient (Wildman–Crippen LogP) is 1.80. The first-order valence-electron chi connectivity index (χ1n) is 9.26. The fourth-order valence-electron chi connectivity index (χ4n) is 3.36. The van der Waals surface area contributed by atoms with Crippen molar-refractivity contribution in [3.8, 4) is 11.8 Å². The molecule has 1 unspecified atom stereocenters. The van der Waals surface area contributed by atoms with Crippen molar-refractivity contribution in [2.45, 2.75) is 44.1 Å². The van der Waals surface area contributed by atoms with Crippen LogP contribution < -0.4 is 15.8 Å². The fourth-order valence-corrected chi connectivity index (χ4v) is 3.36. The van der Waals surface area contributed by atoms with Gasteiger partial charge in [-0.1, -0.05) is 6.07 Å². The normalized spacial score (nSPS) is 20.5. The van der Waals surface area contributed by atoms with Crippen molar-refractivity contribution in [3.05, 3.63) is 29.3 Å². The molecule has 1 aliphatic heterocycles. The van der Waals surface area contributed by atoms with Crippen molar-refractivity contribution in [2.24, 2.45) is 11.7 Å². The van der Waals surface area contributed by atoms with Gasteiger partial charge < -0.3 is 20.7 Å². The van der Waals surface area contributed by atoms with E-state index in [4.69, 9.17) is 11.0 Å². The van der Waals surface area contributed by atoms with E-state index >= 15 is 0 Å². The standard InChI is InChI=1S/C19H21F3N4O3/c20-19(21,22)29-15-8-12(9-23)3-4-13(15)10-25-16(27)14-2-1-7-26(11-14)17(28)18(24)5-6-18/h3-4,8,14H,1-2,5-7,10-11,24H2,(H,25,27). The number of carbonyl (C=O) groups excluding carboxylic acids is 2. The zero-order valence-corrected chi connectivity index (χ0v) is 15.6. The molecule has 29 heavy (non-hydrogen) atoms. The molecule has 1 aromatic carbocycles. The number of piperidine rings is 1. The minimum atomic E-state index is -4.92. The average molecular weight is 410 g/mol. The summed E-state index contributed by atoms with van der Waals surface area (Å²) in [4.78, 5) is 26.5. The maximum absolute atomic E-state index is 12.6. The zero-order valence-electron chi connectivity index (χ0n) is 15.6. The summed E-state index contributed by atoms with van der Waals surface area (Å²) >= 11 is 0. The van der Waals surface area contributed by atoms with Gasteiger partial charge in [-0.05, 0) is 37.8 Å². The van der Waals surface area contributed by atoms with E-state index in [9.17, 15) is 22.8 Å². The van der Waals surface area contributed by atoms with Crippen LogP contribution in [-0.4, -0.2) is 41.7 Å². The van der Waals surface area contributed by atoms with E-state index in [1.807, 2.05) is 0 Å². The third kappa shape index (κ3) is 5.17. The maximum atomic E-state index is 12.6. The van der Waals surface area contributed by atoms with E-state index in [0.29, 0.717) is 32.2 Å². The first-order chi connectivity index (χ1) is 13.6. The lowest BCUT2D eigenvalue weighted by molar-refractivity contribution is -0.274. The molecule has 1 heterocycles. The van der Waals surface area contributed by atoms with E-state index in [2.05, 4.69) is 10.1 Å². The monoisotopic (exact) mass is 410 g/mol. The summed E-state index contributed by atoms with van der Waals surface area (Å²) in [6.07, 6.45) is -2.41. The van der Waals surface area contributed by atoms with Gasteiger partial charge >= 0.3 is 6.36 Å². The highest BCUT2D eigenvalue weighted by Crippen LogP contribution is 2.35. The number of amides is 2. The predicted molar refractivity (Wildman–Crippen MR) is 95.1 cm³/mol. The Kier molecular flexibility index (Phi) is 5.71. The first-order valence-corrected chi connectivity index (χ1v) is 9.26. The minimum Gasteiger partial charge on any atom is -0.405 e. The molecular weight excluding hydrogens is 389 g/mol. The number of nitriles is 1.